The maximum Gasteiger partial charge on any atom is 0.245 e. The van der Waals surface area contributed by atoms with Crippen LogP contribution in [0.15, 0.2) is 60.7 Å². The predicted octanol–water partition coefficient (Wildman–Crippen LogP) is 1.31. The molecule has 0 aliphatic carbocycles. The van der Waals surface area contributed by atoms with Gasteiger partial charge in [0.15, 0.2) is 0 Å². The standard InChI is InChI=1S/C38H57N7O6S/c1-27(2)22-32(43-36(48)33(24-29-14-8-5-9-15-29)42-34(46)30(40)23-28-12-6-4-7-13-28)35(47)41-31(16-10-11-19-39)37(49)44-20-17-38(18-21-44)25-45(26-38)52(3,50)51/h4-9,12-15,27,30-33H,10-11,16-26,39-40H2,1-3H3,(H,41,47)(H,42,46)(H,43,48)/t30-,31-,32-,33-/m1/s1. The van der Waals surface area contributed by atoms with Gasteiger partial charge in [-0.25, -0.2) is 12.7 Å². The zero-order chi connectivity index (χ0) is 37.9. The molecule has 2 aliphatic rings. The second-order valence-electron chi connectivity index (χ2n) is 14.9. The summed E-state index contributed by atoms with van der Waals surface area (Å²) in [6, 6.07) is 15.0. The molecule has 2 heterocycles. The summed E-state index contributed by atoms with van der Waals surface area (Å²) in [7, 11) is -3.24. The number of hydrogen-bond acceptors (Lipinski definition) is 8. The van der Waals surface area contributed by atoms with Crippen LogP contribution >= 0.6 is 0 Å². The van der Waals surface area contributed by atoms with Crippen molar-refractivity contribution in [3.8, 4) is 0 Å². The Morgan fingerprint density at radius 2 is 1.29 bits per heavy atom. The number of amides is 4. The Hall–Kier alpha value is -3.85. The Bertz CT molecular complexity index is 1590. The van der Waals surface area contributed by atoms with Crippen LogP contribution < -0.4 is 27.4 Å². The summed E-state index contributed by atoms with van der Waals surface area (Å²) in [5, 5.41) is 8.67. The number of nitrogens with two attached hydrogens (primary N) is 2. The minimum atomic E-state index is -3.24. The van der Waals surface area contributed by atoms with Crippen LogP contribution in [0.1, 0.15) is 63.5 Å². The van der Waals surface area contributed by atoms with Crippen molar-refractivity contribution in [2.45, 2.75) is 89.4 Å². The summed E-state index contributed by atoms with van der Waals surface area (Å²) in [4.78, 5) is 56.8. The Kier molecular flexibility index (Phi) is 14.8. The second-order valence-corrected chi connectivity index (χ2v) is 16.9. The lowest BCUT2D eigenvalue weighted by Gasteiger charge is -2.53. The molecule has 0 saturated carbocycles. The molecule has 13 nitrogen and oxygen atoms in total. The number of hydrogen-bond donors (Lipinski definition) is 5. The normalized spacial score (nSPS) is 18.2. The summed E-state index contributed by atoms with van der Waals surface area (Å²) in [6.45, 7) is 6.21. The molecule has 286 valence electrons. The zero-order valence-corrected chi connectivity index (χ0v) is 31.6. The van der Waals surface area contributed by atoms with Gasteiger partial charge in [0, 0.05) is 38.0 Å². The predicted molar refractivity (Wildman–Crippen MR) is 201 cm³/mol. The smallest absolute Gasteiger partial charge is 0.245 e. The van der Waals surface area contributed by atoms with Gasteiger partial charge < -0.3 is 32.3 Å². The highest BCUT2D eigenvalue weighted by Gasteiger charge is 2.49. The SMILES string of the molecule is CC(C)C[C@@H](NC(=O)[C@@H](Cc1ccccc1)NC(=O)[C@H](N)Cc1ccccc1)C(=O)N[C@H](CCCCN)C(=O)N1CCC2(CC1)CN(S(C)(=O)=O)C2. The maximum absolute atomic E-state index is 14.0. The monoisotopic (exact) mass is 739 g/mol. The van der Waals surface area contributed by atoms with Crippen molar-refractivity contribution < 1.29 is 27.6 Å². The molecule has 4 amide bonds. The largest absolute Gasteiger partial charge is 0.343 e. The van der Waals surface area contributed by atoms with Crippen molar-refractivity contribution in [2.24, 2.45) is 22.8 Å². The van der Waals surface area contributed by atoms with Crippen LogP contribution in [0, 0.1) is 11.3 Å². The molecule has 52 heavy (non-hydrogen) atoms. The number of nitrogens with zero attached hydrogens (tertiary/aromatic N) is 2. The van der Waals surface area contributed by atoms with Gasteiger partial charge in [-0.1, -0.05) is 74.5 Å². The number of carbonyl (C=O) groups is 4. The van der Waals surface area contributed by atoms with Crippen LogP contribution in [0.4, 0.5) is 0 Å². The summed E-state index contributed by atoms with van der Waals surface area (Å²) in [5.41, 5.74) is 13.6. The molecule has 0 radical (unpaired) electrons. The molecule has 0 unspecified atom stereocenters. The average Bonchev–Trinajstić information content (AvgIpc) is 3.09. The first-order valence-corrected chi connectivity index (χ1v) is 20.2. The van der Waals surface area contributed by atoms with Gasteiger partial charge in [0.1, 0.15) is 18.1 Å². The molecule has 2 aromatic rings. The first kappa shape index (κ1) is 40.9. The summed E-state index contributed by atoms with van der Waals surface area (Å²) >= 11 is 0. The van der Waals surface area contributed by atoms with E-state index in [0.717, 1.165) is 11.1 Å². The first-order chi connectivity index (χ1) is 24.7. The van der Waals surface area contributed by atoms with E-state index in [9.17, 15) is 27.6 Å². The molecule has 2 aliphatic heterocycles. The molecular formula is C38H57N7O6S. The second kappa shape index (κ2) is 18.8. The quantitative estimate of drug-likeness (QED) is 0.141. The number of unbranched alkanes of at least 4 members (excludes halogenated alkanes) is 1. The molecule has 0 aromatic heterocycles. The van der Waals surface area contributed by atoms with Crippen molar-refractivity contribution in [3.63, 3.8) is 0 Å². The zero-order valence-electron chi connectivity index (χ0n) is 30.8. The highest BCUT2D eigenvalue weighted by Crippen LogP contribution is 2.41. The lowest BCUT2D eigenvalue weighted by Crippen LogP contribution is -2.63. The highest BCUT2D eigenvalue weighted by atomic mass is 32.2. The van der Waals surface area contributed by atoms with E-state index in [2.05, 4.69) is 16.0 Å². The van der Waals surface area contributed by atoms with E-state index >= 15 is 0 Å². The van der Waals surface area contributed by atoms with Crippen LogP contribution in [0.25, 0.3) is 0 Å². The minimum Gasteiger partial charge on any atom is -0.343 e. The molecule has 0 bridgehead atoms. The highest BCUT2D eigenvalue weighted by molar-refractivity contribution is 7.88. The fourth-order valence-electron chi connectivity index (χ4n) is 6.97. The van der Waals surface area contributed by atoms with Crippen molar-refractivity contribution in [3.05, 3.63) is 71.8 Å². The number of benzene rings is 2. The van der Waals surface area contributed by atoms with Crippen LogP contribution in [0.5, 0.6) is 0 Å². The molecule has 2 fully saturated rings. The van der Waals surface area contributed by atoms with E-state index in [1.807, 2.05) is 74.5 Å². The summed E-state index contributed by atoms with van der Waals surface area (Å²) < 4.78 is 25.3. The third kappa shape index (κ3) is 11.8. The number of carbonyl (C=O) groups excluding carboxylic acids is 4. The third-order valence-corrected chi connectivity index (χ3v) is 11.3. The number of rotatable bonds is 18. The molecule has 4 rings (SSSR count). The average molecular weight is 740 g/mol. The molecule has 4 atom stereocenters. The fourth-order valence-corrected chi connectivity index (χ4v) is 7.99. The Morgan fingerprint density at radius 1 is 0.769 bits per heavy atom. The van der Waals surface area contributed by atoms with E-state index < -0.39 is 51.9 Å². The van der Waals surface area contributed by atoms with Gasteiger partial charge in [-0.3, -0.25) is 19.2 Å². The number of nitrogens with one attached hydrogen (secondary N) is 3. The molecular weight excluding hydrogens is 683 g/mol. The Morgan fingerprint density at radius 3 is 1.83 bits per heavy atom. The van der Waals surface area contributed by atoms with Gasteiger partial charge in [0.05, 0.1) is 12.3 Å². The Labute approximate surface area is 308 Å². The first-order valence-electron chi connectivity index (χ1n) is 18.4. The topological polar surface area (TPSA) is 197 Å². The van der Waals surface area contributed by atoms with E-state index in [-0.39, 0.29) is 23.7 Å². The van der Waals surface area contributed by atoms with Gasteiger partial charge in [-0.2, -0.15) is 0 Å². The lowest BCUT2D eigenvalue weighted by atomic mass is 9.73. The van der Waals surface area contributed by atoms with Gasteiger partial charge >= 0.3 is 0 Å². The van der Waals surface area contributed by atoms with Crippen LogP contribution in [0.3, 0.4) is 0 Å². The van der Waals surface area contributed by atoms with Crippen LogP contribution in [-0.4, -0.2) is 104 Å². The minimum absolute atomic E-state index is 0.0242. The molecule has 2 aromatic carbocycles. The lowest BCUT2D eigenvalue weighted by molar-refractivity contribution is -0.140. The Balaban J connectivity index is 1.45. The van der Waals surface area contributed by atoms with Crippen LogP contribution in [-0.2, 0) is 42.0 Å². The molecule has 14 heteroatoms. The third-order valence-electron chi connectivity index (χ3n) is 10.1. The molecule has 1 spiro atoms. The van der Waals surface area contributed by atoms with Gasteiger partial charge in [0.2, 0.25) is 33.7 Å². The van der Waals surface area contributed by atoms with Crippen LogP contribution in [0.2, 0.25) is 0 Å². The number of piperidine rings is 1. The fraction of sp³-hybridized carbons (Fsp3) is 0.579. The number of likely N-dealkylation sites (tertiary alicyclic amines) is 1. The molecule has 2 saturated heterocycles. The van der Waals surface area contributed by atoms with E-state index in [1.165, 1.54) is 10.6 Å². The summed E-state index contributed by atoms with van der Waals surface area (Å²) in [6.07, 6.45) is 5.07. The van der Waals surface area contributed by atoms with Crippen molar-refractivity contribution in [2.75, 3.05) is 39.0 Å². The van der Waals surface area contributed by atoms with Crippen molar-refractivity contribution in [1.82, 2.24) is 25.2 Å². The van der Waals surface area contributed by atoms with E-state index in [1.54, 1.807) is 4.90 Å². The van der Waals surface area contributed by atoms with Crippen molar-refractivity contribution in [1.29, 1.82) is 0 Å². The maximum atomic E-state index is 14.0. The van der Waals surface area contributed by atoms with Crippen molar-refractivity contribution >= 4 is 33.7 Å². The molecule has 7 N–H and O–H groups in total. The van der Waals surface area contributed by atoms with Gasteiger partial charge in [0.25, 0.3) is 0 Å². The van der Waals surface area contributed by atoms with E-state index in [4.69, 9.17) is 11.5 Å². The van der Waals surface area contributed by atoms with E-state index in [0.29, 0.717) is 77.7 Å². The van der Waals surface area contributed by atoms with Gasteiger partial charge in [-0.15, -0.1) is 0 Å². The summed E-state index contributed by atoms with van der Waals surface area (Å²) in [5.74, 6) is -1.66. The number of sulfonamides is 1. The van der Waals surface area contributed by atoms with Gasteiger partial charge in [-0.05, 0) is 68.5 Å².